The maximum atomic E-state index is 12.5. The number of hydrogen-bond acceptors (Lipinski definition) is 4. The van der Waals surface area contributed by atoms with Gasteiger partial charge < -0.3 is 10.1 Å². The minimum absolute atomic E-state index is 0.175. The molecule has 7 heteroatoms. The Hall–Kier alpha value is -2.02. The maximum Gasteiger partial charge on any atom is 0.387 e. The molecule has 0 fully saturated rings. The highest BCUT2D eigenvalue weighted by molar-refractivity contribution is 5.36. The molecule has 1 aromatic heterocycles. The second kappa shape index (κ2) is 7.12. The summed E-state index contributed by atoms with van der Waals surface area (Å²) < 4.78 is 31.4. The first-order chi connectivity index (χ1) is 10.2. The molecule has 5 nitrogen and oxygen atoms in total. The Labute approximate surface area is 121 Å². The Morgan fingerprint density at radius 3 is 2.76 bits per heavy atom. The van der Waals surface area contributed by atoms with Gasteiger partial charge in [-0.05, 0) is 20.0 Å². The van der Waals surface area contributed by atoms with E-state index in [4.69, 9.17) is 0 Å². The smallest absolute Gasteiger partial charge is 0.387 e. The second-order valence-electron chi connectivity index (χ2n) is 4.45. The largest absolute Gasteiger partial charge is 0.434 e. The van der Waals surface area contributed by atoms with Crippen LogP contribution in [0.25, 0.3) is 0 Å². The van der Waals surface area contributed by atoms with Crippen LogP contribution in [0.5, 0.6) is 5.75 Å². The summed E-state index contributed by atoms with van der Waals surface area (Å²) in [6.45, 7) is -0.163. The van der Waals surface area contributed by atoms with Crippen LogP contribution in [0.4, 0.5) is 8.78 Å². The highest BCUT2D eigenvalue weighted by Crippen LogP contribution is 2.28. The molecule has 0 saturated heterocycles. The van der Waals surface area contributed by atoms with E-state index in [1.165, 1.54) is 12.4 Å². The molecule has 0 spiro atoms. The van der Waals surface area contributed by atoms with Crippen LogP contribution in [0.2, 0.25) is 0 Å². The molecule has 1 atom stereocenters. The van der Waals surface area contributed by atoms with Gasteiger partial charge in [-0.1, -0.05) is 18.2 Å². The zero-order chi connectivity index (χ0) is 15.2. The molecule has 0 aliphatic heterocycles. The van der Waals surface area contributed by atoms with Gasteiger partial charge in [-0.3, -0.25) is 4.68 Å². The number of aromatic nitrogens is 3. The van der Waals surface area contributed by atoms with Crippen LogP contribution in [0.15, 0.2) is 30.6 Å². The Kier molecular flexibility index (Phi) is 5.21. The molecule has 0 bridgehead atoms. The van der Waals surface area contributed by atoms with E-state index >= 15 is 0 Å². The van der Waals surface area contributed by atoms with Crippen LogP contribution in [-0.4, -0.2) is 28.4 Å². The third-order valence-corrected chi connectivity index (χ3v) is 3.24. The van der Waals surface area contributed by atoms with Crippen LogP contribution < -0.4 is 10.1 Å². The fourth-order valence-corrected chi connectivity index (χ4v) is 2.23. The van der Waals surface area contributed by atoms with Gasteiger partial charge in [0.25, 0.3) is 0 Å². The summed E-state index contributed by atoms with van der Waals surface area (Å²) in [5, 5.41) is 7.23. The fraction of sp³-hybridized carbons (Fsp3) is 0.429. The van der Waals surface area contributed by atoms with Gasteiger partial charge in [0.05, 0.1) is 0 Å². The molecule has 21 heavy (non-hydrogen) atoms. The number of hydrogen-bond donors (Lipinski definition) is 1. The van der Waals surface area contributed by atoms with E-state index in [2.05, 4.69) is 20.1 Å². The number of rotatable bonds is 7. The van der Waals surface area contributed by atoms with Crippen LogP contribution in [0, 0.1) is 0 Å². The summed E-state index contributed by atoms with van der Waals surface area (Å²) in [6.07, 6.45) is 2.03. The number of alkyl halides is 2. The van der Waals surface area contributed by atoms with Crippen molar-refractivity contribution in [2.45, 2.75) is 32.5 Å². The van der Waals surface area contributed by atoms with Gasteiger partial charge in [-0.25, -0.2) is 4.98 Å². The molecular weight excluding hydrogens is 278 g/mol. The highest BCUT2D eigenvalue weighted by atomic mass is 19.3. The van der Waals surface area contributed by atoms with E-state index < -0.39 is 6.61 Å². The first-order valence-electron chi connectivity index (χ1n) is 6.73. The predicted molar refractivity (Wildman–Crippen MR) is 74.3 cm³/mol. The molecule has 1 N–H and O–H groups in total. The lowest BCUT2D eigenvalue weighted by molar-refractivity contribution is -0.0507. The molecule has 1 aromatic carbocycles. The predicted octanol–water partition coefficient (Wildman–Crippen LogP) is 2.40. The van der Waals surface area contributed by atoms with E-state index in [1.54, 1.807) is 29.9 Å². The number of para-hydroxylation sites is 1. The van der Waals surface area contributed by atoms with Gasteiger partial charge in [0.15, 0.2) is 0 Å². The van der Waals surface area contributed by atoms with Gasteiger partial charge in [0.2, 0.25) is 0 Å². The number of halogens is 2. The summed E-state index contributed by atoms with van der Waals surface area (Å²) >= 11 is 0. The van der Waals surface area contributed by atoms with Gasteiger partial charge >= 0.3 is 6.61 Å². The number of aryl methyl sites for hydroxylation is 1. The topological polar surface area (TPSA) is 52.0 Å². The average molecular weight is 296 g/mol. The molecular formula is C14H18F2N4O. The van der Waals surface area contributed by atoms with Crippen molar-refractivity contribution in [1.82, 2.24) is 20.1 Å². The third-order valence-electron chi connectivity index (χ3n) is 3.24. The van der Waals surface area contributed by atoms with Crippen molar-refractivity contribution in [3.63, 3.8) is 0 Å². The summed E-state index contributed by atoms with van der Waals surface area (Å²) in [5.74, 6) is 0.970. The van der Waals surface area contributed by atoms with Crippen LogP contribution in [-0.2, 0) is 13.0 Å². The molecule has 2 rings (SSSR count). The molecule has 0 aliphatic rings. The van der Waals surface area contributed by atoms with Crippen molar-refractivity contribution in [2.75, 3.05) is 7.05 Å². The molecule has 114 valence electrons. The fourth-order valence-electron chi connectivity index (χ4n) is 2.23. The standard InChI is InChI=1S/C14H18F2N4O/c1-3-20-13(18-9-19-20)8-11(17-2)10-6-4-5-7-12(10)21-14(15)16/h4-7,9,11,14,17H,3,8H2,1-2H3. The zero-order valence-corrected chi connectivity index (χ0v) is 12.0. The lowest BCUT2D eigenvalue weighted by Gasteiger charge is -2.19. The van der Waals surface area contributed by atoms with Gasteiger partial charge in [-0.2, -0.15) is 13.9 Å². The Morgan fingerprint density at radius 2 is 2.10 bits per heavy atom. The van der Waals surface area contributed by atoms with Crippen molar-refractivity contribution in [3.05, 3.63) is 42.0 Å². The highest BCUT2D eigenvalue weighted by Gasteiger charge is 2.19. The first kappa shape index (κ1) is 15.4. The van der Waals surface area contributed by atoms with Crippen molar-refractivity contribution in [3.8, 4) is 5.75 Å². The Morgan fingerprint density at radius 1 is 1.33 bits per heavy atom. The van der Waals surface area contributed by atoms with E-state index in [0.29, 0.717) is 18.5 Å². The number of benzene rings is 1. The summed E-state index contributed by atoms with van der Waals surface area (Å²) in [7, 11) is 1.77. The maximum absolute atomic E-state index is 12.5. The average Bonchev–Trinajstić information content (AvgIpc) is 2.92. The van der Waals surface area contributed by atoms with Gasteiger partial charge in [0.1, 0.15) is 17.9 Å². The monoisotopic (exact) mass is 296 g/mol. The Bertz CT molecular complexity index is 574. The summed E-state index contributed by atoms with van der Waals surface area (Å²) in [5.41, 5.74) is 0.672. The minimum Gasteiger partial charge on any atom is -0.434 e. The van der Waals surface area contributed by atoms with Crippen molar-refractivity contribution in [1.29, 1.82) is 0 Å². The van der Waals surface area contributed by atoms with Crippen LogP contribution in [0.1, 0.15) is 24.4 Å². The lowest BCUT2D eigenvalue weighted by atomic mass is 10.0. The van der Waals surface area contributed by atoms with E-state index in [0.717, 1.165) is 5.82 Å². The molecule has 1 heterocycles. The summed E-state index contributed by atoms with van der Waals surface area (Å²) in [4.78, 5) is 4.21. The van der Waals surface area contributed by atoms with E-state index in [-0.39, 0.29) is 11.8 Å². The lowest BCUT2D eigenvalue weighted by Crippen LogP contribution is -2.22. The van der Waals surface area contributed by atoms with Crippen molar-refractivity contribution >= 4 is 0 Å². The Balaban J connectivity index is 2.25. The van der Waals surface area contributed by atoms with Crippen LogP contribution in [0.3, 0.4) is 0 Å². The SMILES string of the molecule is CCn1ncnc1CC(NC)c1ccccc1OC(F)F. The molecule has 0 radical (unpaired) electrons. The second-order valence-corrected chi connectivity index (χ2v) is 4.45. The number of likely N-dealkylation sites (N-methyl/N-ethyl adjacent to an activating group) is 1. The third kappa shape index (κ3) is 3.75. The number of nitrogens with zero attached hydrogens (tertiary/aromatic N) is 3. The molecule has 1 unspecified atom stereocenters. The zero-order valence-electron chi connectivity index (χ0n) is 12.0. The van der Waals surface area contributed by atoms with Crippen LogP contribution >= 0.6 is 0 Å². The molecule has 0 amide bonds. The van der Waals surface area contributed by atoms with Gasteiger partial charge in [-0.15, -0.1) is 0 Å². The van der Waals surface area contributed by atoms with Gasteiger partial charge in [0, 0.05) is 24.6 Å². The molecule has 0 saturated carbocycles. The van der Waals surface area contributed by atoms with E-state index in [1.807, 2.05) is 6.92 Å². The van der Waals surface area contributed by atoms with E-state index in [9.17, 15) is 8.78 Å². The summed E-state index contributed by atoms with van der Waals surface area (Å²) in [6, 6.07) is 6.59. The first-order valence-corrected chi connectivity index (χ1v) is 6.73. The normalized spacial score (nSPS) is 12.6. The molecule has 2 aromatic rings. The molecule has 0 aliphatic carbocycles. The van der Waals surface area contributed by atoms with Crippen molar-refractivity contribution < 1.29 is 13.5 Å². The minimum atomic E-state index is -2.84. The number of nitrogens with one attached hydrogen (secondary N) is 1. The van der Waals surface area contributed by atoms with Crippen molar-refractivity contribution in [2.24, 2.45) is 0 Å². The quantitative estimate of drug-likeness (QED) is 0.852. The number of ether oxygens (including phenoxy) is 1.